The Labute approximate surface area is 378 Å². The number of esters is 1. The minimum absolute atomic E-state index is 0.0539. The molecule has 2 aromatic heterocycles. The molecule has 2 saturated heterocycles. The molecule has 3 aliphatic rings. The van der Waals surface area contributed by atoms with E-state index in [1.54, 1.807) is 17.7 Å². The molecule has 0 radical (unpaired) electrons. The van der Waals surface area contributed by atoms with Gasteiger partial charge in [-0.3, -0.25) is 9.80 Å². The number of fused-ring (bicyclic) bond motifs is 1. The smallest absolute Gasteiger partial charge is 0.341 e. The molecule has 10 nitrogen and oxygen atoms in total. The lowest BCUT2D eigenvalue weighted by Crippen LogP contribution is -2.60. The van der Waals surface area contributed by atoms with Gasteiger partial charge in [0.05, 0.1) is 19.6 Å². The van der Waals surface area contributed by atoms with Crippen LogP contribution in [0.2, 0.25) is 30.8 Å². The van der Waals surface area contributed by atoms with Crippen molar-refractivity contribution < 1.29 is 28.1 Å². The van der Waals surface area contributed by atoms with Crippen LogP contribution in [0.15, 0.2) is 79.0 Å². The van der Waals surface area contributed by atoms with Crippen LogP contribution in [-0.4, -0.2) is 93.0 Å². The second-order valence-electron chi connectivity index (χ2n) is 19.4. The molecule has 13 heteroatoms. The van der Waals surface area contributed by atoms with Gasteiger partial charge in [-0.25, -0.2) is 14.2 Å². The number of carbonyl (C=O) groups is 1. The minimum Gasteiger partial charge on any atom is -0.497 e. The highest BCUT2D eigenvalue weighted by molar-refractivity contribution is 6.76. The van der Waals surface area contributed by atoms with Crippen LogP contribution in [0, 0.1) is 11.2 Å². The topological polar surface area (TPSA) is 81.5 Å². The fourth-order valence-electron chi connectivity index (χ4n) is 9.89. The van der Waals surface area contributed by atoms with Crippen molar-refractivity contribution >= 4 is 42.4 Å². The van der Waals surface area contributed by atoms with Crippen molar-refractivity contribution in [3.05, 3.63) is 112 Å². The van der Waals surface area contributed by atoms with Crippen LogP contribution in [0.4, 0.5) is 10.1 Å². The Morgan fingerprint density at radius 2 is 1.70 bits per heavy atom. The van der Waals surface area contributed by atoms with E-state index in [1.807, 2.05) is 12.1 Å². The lowest BCUT2D eigenvalue weighted by Gasteiger charge is -2.58. The van der Waals surface area contributed by atoms with E-state index in [-0.39, 0.29) is 34.3 Å². The molecule has 1 saturated carbocycles. The molecule has 5 aromatic rings. The fraction of sp³-hybridized carbons (Fsp3) is 0.480. The SMILES string of the molecule is COC(=O)c1ccc(N2CCC3(CC2)CC(N2CCN(Cc4ccc(OC)cc4)C[C@H]2c2ccccc2C(C)C)C3)cc1Oc1cc2c(F)cn(COCC[Si](C)(C)C)c2nc1Cl. The van der Waals surface area contributed by atoms with Crippen LogP contribution in [0.25, 0.3) is 11.0 Å². The van der Waals surface area contributed by atoms with Crippen LogP contribution in [0.5, 0.6) is 17.2 Å². The third-order valence-electron chi connectivity index (χ3n) is 13.6. The van der Waals surface area contributed by atoms with Crippen molar-refractivity contribution in [1.82, 2.24) is 19.4 Å². The first-order valence-electron chi connectivity index (χ1n) is 22.5. The number of nitrogens with zero attached hydrogens (tertiary/aromatic N) is 5. The highest BCUT2D eigenvalue weighted by Crippen LogP contribution is 2.53. The largest absolute Gasteiger partial charge is 0.497 e. The first-order chi connectivity index (χ1) is 30.2. The molecule has 1 atom stereocenters. The molecule has 2 aliphatic heterocycles. The highest BCUT2D eigenvalue weighted by atomic mass is 35.5. The summed E-state index contributed by atoms with van der Waals surface area (Å²) in [5.41, 5.74) is 6.09. The molecule has 3 aromatic carbocycles. The maximum atomic E-state index is 15.3. The van der Waals surface area contributed by atoms with E-state index >= 15 is 4.39 Å². The van der Waals surface area contributed by atoms with Gasteiger partial charge in [0.15, 0.2) is 16.7 Å². The molecule has 63 heavy (non-hydrogen) atoms. The van der Waals surface area contributed by atoms with E-state index in [0.717, 1.165) is 69.6 Å². The first-order valence-corrected chi connectivity index (χ1v) is 26.6. The summed E-state index contributed by atoms with van der Waals surface area (Å²) in [5, 5.41) is 0.309. The van der Waals surface area contributed by atoms with Gasteiger partial charge < -0.3 is 28.4 Å². The van der Waals surface area contributed by atoms with Crippen molar-refractivity contribution in [3.63, 3.8) is 0 Å². The number of rotatable bonds is 15. The van der Waals surface area contributed by atoms with Gasteiger partial charge in [0, 0.05) is 84.0 Å². The van der Waals surface area contributed by atoms with E-state index < -0.39 is 19.9 Å². The Balaban J connectivity index is 0.943. The summed E-state index contributed by atoms with van der Waals surface area (Å²) in [7, 11) is 1.78. The van der Waals surface area contributed by atoms with Crippen LogP contribution < -0.4 is 14.4 Å². The minimum atomic E-state index is -1.27. The van der Waals surface area contributed by atoms with E-state index in [9.17, 15) is 4.79 Å². The Morgan fingerprint density at radius 1 is 0.952 bits per heavy atom. The number of anilines is 1. The van der Waals surface area contributed by atoms with E-state index in [0.29, 0.717) is 35.7 Å². The standard InChI is InChI=1S/C50H63ClFN5O5Si/c1-34(2)39-10-8-9-11-40(39)44-32-54(30-35-12-15-38(59-3)16-13-35)22-23-57(44)37-28-50(29-37)18-20-55(21-19-50)36-14-17-41(49(58)60-4)45(26-36)62-46-27-42-43(52)31-56(48(42)53-47(46)51)33-61-24-25-63(5,6)7/h8-17,26-27,31,34,37,44H,18-25,28-30,32-33H2,1-7H3/t44-/m0/s1. The molecule has 4 heterocycles. The van der Waals surface area contributed by atoms with Gasteiger partial charge in [-0.2, -0.15) is 0 Å². The number of halogens is 2. The predicted octanol–water partition coefficient (Wildman–Crippen LogP) is 11.2. The maximum Gasteiger partial charge on any atom is 0.341 e. The second kappa shape index (κ2) is 18.9. The number of ether oxygens (including phenoxy) is 4. The lowest BCUT2D eigenvalue weighted by atomic mass is 9.59. The van der Waals surface area contributed by atoms with Crippen molar-refractivity contribution in [2.24, 2.45) is 5.41 Å². The quantitative estimate of drug-likeness (QED) is 0.0442. The number of benzene rings is 3. The van der Waals surface area contributed by atoms with Crippen molar-refractivity contribution in [2.45, 2.75) is 96.5 Å². The van der Waals surface area contributed by atoms with Crippen molar-refractivity contribution in [3.8, 4) is 17.2 Å². The molecule has 0 unspecified atom stereocenters. The third kappa shape index (κ3) is 10.1. The average Bonchev–Trinajstić information content (AvgIpc) is 3.56. The number of hydrogen-bond acceptors (Lipinski definition) is 9. The van der Waals surface area contributed by atoms with Gasteiger partial charge in [-0.05, 0) is 90.1 Å². The summed E-state index contributed by atoms with van der Waals surface area (Å²) in [4.78, 5) is 25.3. The number of methoxy groups -OCH3 is 2. The predicted molar refractivity (Wildman–Crippen MR) is 252 cm³/mol. The summed E-state index contributed by atoms with van der Waals surface area (Å²) in [6.45, 7) is 18.0. The Morgan fingerprint density at radius 3 is 2.40 bits per heavy atom. The molecule has 3 fully saturated rings. The summed E-state index contributed by atoms with van der Waals surface area (Å²) < 4.78 is 39.7. The monoisotopic (exact) mass is 895 g/mol. The summed E-state index contributed by atoms with van der Waals surface area (Å²) in [5.74, 6) is 0.769. The lowest BCUT2D eigenvalue weighted by molar-refractivity contribution is -0.0628. The van der Waals surface area contributed by atoms with Gasteiger partial charge in [-0.1, -0.05) is 81.5 Å². The van der Waals surface area contributed by atoms with Gasteiger partial charge in [0.25, 0.3) is 0 Å². The summed E-state index contributed by atoms with van der Waals surface area (Å²) >= 11 is 6.70. The normalized spacial score (nSPS) is 18.6. The fourth-order valence-corrected chi connectivity index (χ4v) is 10.8. The van der Waals surface area contributed by atoms with Gasteiger partial charge in [-0.15, -0.1) is 0 Å². The van der Waals surface area contributed by atoms with Crippen LogP contribution in [0.3, 0.4) is 0 Å². The van der Waals surface area contributed by atoms with Gasteiger partial charge in [0.2, 0.25) is 0 Å². The number of piperazine rings is 1. The second-order valence-corrected chi connectivity index (χ2v) is 25.4. The zero-order valence-electron chi connectivity index (χ0n) is 38.0. The zero-order valence-corrected chi connectivity index (χ0v) is 39.7. The molecule has 1 aliphatic carbocycles. The molecule has 8 rings (SSSR count). The summed E-state index contributed by atoms with van der Waals surface area (Å²) in [6.07, 6.45) is 5.95. The number of hydrogen-bond donors (Lipinski definition) is 0. The molecule has 1 spiro atoms. The Kier molecular flexibility index (Phi) is 13.6. The molecular formula is C50H63ClFN5O5Si. The number of aromatic nitrogens is 2. The molecule has 0 amide bonds. The third-order valence-corrected chi connectivity index (χ3v) is 15.6. The van der Waals surface area contributed by atoms with Crippen LogP contribution in [-0.2, 0) is 22.7 Å². The average molecular weight is 897 g/mol. The number of carbonyl (C=O) groups excluding carboxylic acids is 1. The molecule has 0 bridgehead atoms. The molecule has 0 N–H and O–H groups in total. The van der Waals surface area contributed by atoms with Gasteiger partial charge >= 0.3 is 5.97 Å². The summed E-state index contributed by atoms with van der Waals surface area (Å²) in [6, 6.07) is 26.6. The number of piperidine rings is 1. The van der Waals surface area contributed by atoms with E-state index in [4.69, 9.17) is 30.5 Å². The zero-order chi connectivity index (χ0) is 44.5. The van der Waals surface area contributed by atoms with Crippen LogP contribution >= 0.6 is 11.6 Å². The Hall–Kier alpha value is -4.46. The first kappa shape index (κ1) is 45.1. The molecular weight excluding hydrogens is 833 g/mol. The van der Waals surface area contributed by atoms with Crippen molar-refractivity contribution in [1.29, 1.82) is 0 Å². The Bertz CT molecular complexity index is 2390. The molecule has 336 valence electrons. The van der Waals surface area contributed by atoms with E-state index in [2.05, 4.69) is 102 Å². The maximum absolute atomic E-state index is 15.3. The van der Waals surface area contributed by atoms with Crippen LogP contribution in [0.1, 0.15) is 78.5 Å². The number of pyridine rings is 1. The van der Waals surface area contributed by atoms with Gasteiger partial charge in [0.1, 0.15) is 29.4 Å². The van der Waals surface area contributed by atoms with E-state index in [1.165, 1.54) is 48.9 Å². The highest BCUT2D eigenvalue weighted by Gasteiger charge is 2.50. The van der Waals surface area contributed by atoms with Crippen molar-refractivity contribution in [2.75, 3.05) is 58.5 Å².